The van der Waals surface area contributed by atoms with Gasteiger partial charge < -0.3 is 14.5 Å². The average molecular weight is 412 g/mol. The smallest absolute Gasteiger partial charge is 0.254 e. The summed E-state index contributed by atoms with van der Waals surface area (Å²) < 4.78 is 27.2. The lowest BCUT2D eigenvalue weighted by Crippen LogP contribution is -2.48. The maximum atomic E-state index is 13.1. The third-order valence-corrected chi connectivity index (χ3v) is 5.62. The van der Waals surface area contributed by atoms with E-state index >= 15 is 0 Å². The van der Waals surface area contributed by atoms with Gasteiger partial charge in [0.05, 0.1) is 17.4 Å². The standard InChI is InChI=1S/C21H21FN4O2S/c1-15-20(24-29-23-15)14-28-19-4-2-3-16(13-19)21(27)26-11-9-25(10-12-26)18-7-5-17(22)6-8-18/h2-8,13H,9-12,14H2,1H3. The number of anilines is 1. The molecule has 0 N–H and O–H groups in total. The first-order valence-corrected chi connectivity index (χ1v) is 10.1. The van der Waals surface area contributed by atoms with Crippen molar-refractivity contribution in [1.29, 1.82) is 0 Å². The van der Waals surface area contributed by atoms with Gasteiger partial charge in [0.15, 0.2) is 0 Å². The van der Waals surface area contributed by atoms with E-state index in [-0.39, 0.29) is 11.7 Å². The molecule has 0 atom stereocenters. The summed E-state index contributed by atoms with van der Waals surface area (Å²) in [5.74, 6) is 0.375. The summed E-state index contributed by atoms with van der Waals surface area (Å²) >= 11 is 1.16. The Morgan fingerprint density at radius 1 is 1.10 bits per heavy atom. The number of carbonyl (C=O) groups is 1. The molecule has 0 radical (unpaired) electrons. The van der Waals surface area contributed by atoms with Crippen molar-refractivity contribution in [3.63, 3.8) is 0 Å². The molecule has 0 aliphatic carbocycles. The van der Waals surface area contributed by atoms with Crippen LogP contribution in [0.15, 0.2) is 48.5 Å². The van der Waals surface area contributed by atoms with Crippen LogP contribution in [0.25, 0.3) is 0 Å². The number of aryl methyl sites for hydroxylation is 1. The van der Waals surface area contributed by atoms with Gasteiger partial charge in [-0.1, -0.05) is 6.07 Å². The van der Waals surface area contributed by atoms with E-state index in [0.717, 1.165) is 28.8 Å². The number of benzene rings is 2. The number of ether oxygens (including phenoxy) is 1. The molecule has 8 heteroatoms. The Kier molecular flexibility index (Phi) is 5.71. The second-order valence-electron chi connectivity index (χ2n) is 6.87. The van der Waals surface area contributed by atoms with Crippen molar-refractivity contribution >= 4 is 23.3 Å². The van der Waals surface area contributed by atoms with Crippen LogP contribution in [0.2, 0.25) is 0 Å². The first-order valence-electron chi connectivity index (χ1n) is 9.41. The zero-order chi connectivity index (χ0) is 20.2. The highest BCUT2D eigenvalue weighted by Crippen LogP contribution is 2.20. The zero-order valence-corrected chi connectivity index (χ0v) is 16.9. The summed E-state index contributed by atoms with van der Waals surface area (Å²) in [5, 5.41) is 0. The van der Waals surface area contributed by atoms with Crippen LogP contribution in [-0.2, 0) is 6.61 Å². The SMILES string of the molecule is Cc1nsnc1COc1cccc(C(=O)N2CCN(c3ccc(F)cc3)CC2)c1. The van der Waals surface area contributed by atoms with Crippen molar-refractivity contribution in [3.8, 4) is 5.75 Å². The highest BCUT2D eigenvalue weighted by Gasteiger charge is 2.22. The van der Waals surface area contributed by atoms with E-state index < -0.39 is 0 Å². The number of amides is 1. The van der Waals surface area contributed by atoms with Crippen LogP contribution < -0.4 is 9.64 Å². The zero-order valence-electron chi connectivity index (χ0n) is 16.0. The Morgan fingerprint density at radius 2 is 1.86 bits per heavy atom. The summed E-state index contributed by atoms with van der Waals surface area (Å²) in [5.41, 5.74) is 3.25. The van der Waals surface area contributed by atoms with Crippen molar-refractivity contribution in [3.05, 3.63) is 71.3 Å². The summed E-state index contributed by atoms with van der Waals surface area (Å²) in [6, 6.07) is 13.7. The monoisotopic (exact) mass is 412 g/mol. The maximum absolute atomic E-state index is 13.1. The molecular weight excluding hydrogens is 391 g/mol. The highest BCUT2D eigenvalue weighted by atomic mass is 32.1. The first-order chi connectivity index (χ1) is 14.1. The van der Waals surface area contributed by atoms with E-state index in [2.05, 4.69) is 13.6 Å². The van der Waals surface area contributed by atoms with Gasteiger partial charge in [0.1, 0.15) is 23.9 Å². The van der Waals surface area contributed by atoms with Crippen LogP contribution in [0.4, 0.5) is 10.1 Å². The number of nitrogens with zero attached hydrogens (tertiary/aromatic N) is 4. The largest absolute Gasteiger partial charge is 0.487 e. The highest BCUT2D eigenvalue weighted by molar-refractivity contribution is 6.99. The number of piperazine rings is 1. The topological polar surface area (TPSA) is 58.6 Å². The second kappa shape index (κ2) is 8.57. The van der Waals surface area contributed by atoms with Crippen molar-refractivity contribution < 1.29 is 13.9 Å². The van der Waals surface area contributed by atoms with E-state index in [9.17, 15) is 9.18 Å². The molecule has 2 aromatic carbocycles. The number of aromatic nitrogens is 2. The minimum absolute atomic E-state index is 0.0132. The molecule has 1 saturated heterocycles. The lowest BCUT2D eigenvalue weighted by molar-refractivity contribution is 0.0746. The molecule has 4 rings (SSSR count). The predicted molar refractivity (Wildman–Crippen MR) is 110 cm³/mol. The number of hydrogen-bond donors (Lipinski definition) is 0. The molecule has 0 unspecified atom stereocenters. The van der Waals surface area contributed by atoms with Gasteiger partial charge in [-0.05, 0) is 49.4 Å². The summed E-state index contributed by atoms with van der Waals surface area (Å²) in [4.78, 5) is 16.9. The van der Waals surface area contributed by atoms with Crippen LogP contribution in [0.3, 0.4) is 0 Å². The molecule has 0 saturated carbocycles. The molecule has 1 fully saturated rings. The van der Waals surface area contributed by atoms with E-state index in [0.29, 0.717) is 44.1 Å². The minimum atomic E-state index is -0.245. The van der Waals surface area contributed by atoms with Crippen LogP contribution >= 0.6 is 11.7 Å². The first kappa shape index (κ1) is 19.3. The third kappa shape index (κ3) is 4.54. The Hall–Kier alpha value is -3.00. The lowest BCUT2D eigenvalue weighted by Gasteiger charge is -2.36. The van der Waals surface area contributed by atoms with Gasteiger partial charge in [0.2, 0.25) is 0 Å². The Bertz CT molecular complexity index is 984. The summed E-state index contributed by atoms with van der Waals surface area (Å²) in [7, 11) is 0. The molecule has 0 spiro atoms. The van der Waals surface area contributed by atoms with Crippen molar-refractivity contribution in [2.24, 2.45) is 0 Å². The minimum Gasteiger partial charge on any atom is -0.487 e. The molecule has 1 amide bonds. The number of hydrogen-bond acceptors (Lipinski definition) is 6. The Balaban J connectivity index is 1.36. The normalized spacial score (nSPS) is 14.1. The fourth-order valence-electron chi connectivity index (χ4n) is 3.25. The van der Waals surface area contributed by atoms with Crippen molar-refractivity contribution in [1.82, 2.24) is 13.6 Å². The average Bonchev–Trinajstić information content (AvgIpc) is 3.17. The van der Waals surface area contributed by atoms with Gasteiger partial charge in [0.25, 0.3) is 5.91 Å². The predicted octanol–water partition coefficient (Wildman–Crippen LogP) is 3.53. The third-order valence-electron chi connectivity index (χ3n) is 4.96. The van der Waals surface area contributed by atoms with Gasteiger partial charge in [0, 0.05) is 37.4 Å². The molecule has 29 heavy (non-hydrogen) atoms. The molecule has 1 aliphatic rings. The van der Waals surface area contributed by atoms with Crippen LogP contribution in [-0.4, -0.2) is 45.7 Å². The van der Waals surface area contributed by atoms with Gasteiger partial charge in [-0.15, -0.1) is 0 Å². The van der Waals surface area contributed by atoms with Crippen molar-refractivity contribution in [2.75, 3.05) is 31.1 Å². The molecule has 2 heterocycles. The molecular formula is C21H21FN4O2S. The molecule has 1 aromatic heterocycles. The maximum Gasteiger partial charge on any atom is 0.254 e. The number of rotatable bonds is 5. The van der Waals surface area contributed by atoms with E-state index in [1.807, 2.05) is 24.0 Å². The van der Waals surface area contributed by atoms with E-state index in [1.165, 1.54) is 12.1 Å². The molecule has 6 nitrogen and oxygen atoms in total. The molecule has 3 aromatic rings. The fourth-order valence-corrected chi connectivity index (χ4v) is 3.81. The van der Waals surface area contributed by atoms with Crippen LogP contribution in [0.1, 0.15) is 21.7 Å². The fraction of sp³-hybridized carbons (Fsp3) is 0.286. The molecule has 0 bridgehead atoms. The lowest BCUT2D eigenvalue weighted by atomic mass is 10.1. The Morgan fingerprint density at radius 3 is 2.55 bits per heavy atom. The van der Waals surface area contributed by atoms with E-state index in [1.54, 1.807) is 24.3 Å². The van der Waals surface area contributed by atoms with Crippen molar-refractivity contribution in [2.45, 2.75) is 13.5 Å². The van der Waals surface area contributed by atoms with Crippen LogP contribution in [0.5, 0.6) is 5.75 Å². The second-order valence-corrected chi connectivity index (χ2v) is 7.40. The van der Waals surface area contributed by atoms with Gasteiger partial charge in [-0.25, -0.2) is 4.39 Å². The molecule has 150 valence electrons. The Labute approximate surface area is 172 Å². The number of carbonyl (C=O) groups excluding carboxylic acids is 1. The summed E-state index contributed by atoms with van der Waals surface area (Å²) in [6.45, 7) is 4.88. The quantitative estimate of drug-likeness (QED) is 0.642. The van der Waals surface area contributed by atoms with Gasteiger partial charge in [-0.3, -0.25) is 4.79 Å². The summed E-state index contributed by atoms with van der Waals surface area (Å²) in [6.07, 6.45) is 0. The van der Waals surface area contributed by atoms with Gasteiger partial charge >= 0.3 is 0 Å². The number of halogens is 1. The van der Waals surface area contributed by atoms with Crippen LogP contribution in [0, 0.1) is 12.7 Å². The molecule has 1 aliphatic heterocycles. The van der Waals surface area contributed by atoms with E-state index in [4.69, 9.17) is 4.74 Å². The van der Waals surface area contributed by atoms with Gasteiger partial charge in [-0.2, -0.15) is 8.75 Å².